The summed E-state index contributed by atoms with van der Waals surface area (Å²) in [6, 6.07) is 4.18. The fourth-order valence-electron chi connectivity index (χ4n) is 1.36. The third-order valence-electron chi connectivity index (χ3n) is 2.46. The first-order valence-electron chi connectivity index (χ1n) is 5.36. The summed E-state index contributed by atoms with van der Waals surface area (Å²) in [4.78, 5) is 24.3. The van der Waals surface area contributed by atoms with Gasteiger partial charge in [0.25, 0.3) is 5.91 Å². The maximum absolute atomic E-state index is 13.5. The van der Waals surface area contributed by atoms with Crippen molar-refractivity contribution in [3.05, 3.63) is 34.1 Å². The number of carbonyl (C=O) groups excluding carboxylic acids is 2. The van der Waals surface area contributed by atoms with Gasteiger partial charge >= 0.3 is 0 Å². The van der Waals surface area contributed by atoms with E-state index < -0.39 is 11.7 Å². The Kier molecular flexibility index (Phi) is 5.27. The fraction of sp³-hybridized carbons (Fsp3) is 0.333. The minimum atomic E-state index is -0.574. The first kappa shape index (κ1) is 14.6. The molecule has 18 heavy (non-hydrogen) atoms. The average molecular weight is 317 g/mol. The molecule has 1 aromatic rings. The van der Waals surface area contributed by atoms with Crippen LogP contribution in [0.4, 0.5) is 4.39 Å². The molecule has 0 unspecified atom stereocenters. The van der Waals surface area contributed by atoms with Gasteiger partial charge in [0.2, 0.25) is 5.91 Å². The van der Waals surface area contributed by atoms with Crippen LogP contribution in [0.2, 0.25) is 0 Å². The lowest BCUT2D eigenvalue weighted by molar-refractivity contribution is -0.120. The van der Waals surface area contributed by atoms with Crippen molar-refractivity contribution in [1.29, 1.82) is 0 Å². The predicted molar refractivity (Wildman–Crippen MR) is 69.7 cm³/mol. The Bertz CT molecular complexity index is 465. The van der Waals surface area contributed by atoms with E-state index in [0.29, 0.717) is 4.47 Å². The number of amides is 2. The summed E-state index contributed by atoms with van der Waals surface area (Å²) in [7, 11) is 3.06. The molecule has 0 heterocycles. The topological polar surface area (TPSA) is 49.4 Å². The molecule has 0 saturated heterocycles. The molecule has 4 nitrogen and oxygen atoms in total. The third-order valence-corrected chi connectivity index (χ3v) is 2.95. The number of nitrogens with one attached hydrogen (secondary N) is 1. The van der Waals surface area contributed by atoms with Crippen molar-refractivity contribution < 1.29 is 14.0 Å². The van der Waals surface area contributed by atoms with Crippen LogP contribution in [0, 0.1) is 5.82 Å². The summed E-state index contributed by atoms with van der Waals surface area (Å²) in [5.41, 5.74) is -0.0104. The Hall–Kier alpha value is -1.43. The van der Waals surface area contributed by atoms with Gasteiger partial charge in [-0.1, -0.05) is 15.9 Å². The number of carbonyl (C=O) groups is 2. The van der Waals surface area contributed by atoms with Crippen LogP contribution in [0.5, 0.6) is 0 Å². The first-order chi connectivity index (χ1) is 8.45. The molecular formula is C12H14BrFN2O2. The second-order valence-corrected chi connectivity index (χ2v) is 4.69. The molecule has 0 aromatic heterocycles. The van der Waals surface area contributed by atoms with E-state index in [2.05, 4.69) is 21.2 Å². The second-order valence-electron chi connectivity index (χ2n) is 3.77. The van der Waals surface area contributed by atoms with Crippen molar-refractivity contribution in [3.8, 4) is 0 Å². The molecule has 0 aliphatic carbocycles. The van der Waals surface area contributed by atoms with Crippen LogP contribution < -0.4 is 5.32 Å². The molecule has 0 aliphatic rings. The zero-order chi connectivity index (χ0) is 13.7. The Labute approximate surface area is 113 Å². The molecule has 98 valence electrons. The van der Waals surface area contributed by atoms with E-state index in [1.807, 2.05) is 0 Å². The van der Waals surface area contributed by atoms with Crippen molar-refractivity contribution in [1.82, 2.24) is 10.2 Å². The molecular weight excluding hydrogens is 303 g/mol. The molecule has 2 amide bonds. The first-order valence-corrected chi connectivity index (χ1v) is 6.16. The van der Waals surface area contributed by atoms with Crippen molar-refractivity contribution in [2.24, 2.45) is 0 Å². The number of benzene rings is 1. The van der Waals surface area contributed by atoms with Gasteiger partial charge in [0.15, 0.2) is 0 Å². The number of halogens is 2. The standard InChI is InChI=1S/C12H14BrFN2O2/c1-15-11(17)5-6-16(2)12(18)9-7-8(13)3-4-10(9)14/h3-4,7H,5-6H2,1-2H3,(H,15,17). The van der Waals surface area contributed by atoms with Crippen LogP contribution in [0.1, 0.15) is 16.8 Å². The van der Waals surface area contributed by atoms with Crippen molar-refractivity contribution in [3.63, 3.8) is 0 Å². The molecule has 0 atom stereocenters. The quantitative estimate of drug-likeness (QED) is 0.920. The van der Waals surface area contributed by atoms with Gasteiger partial charge in [-0.2, -0.15) is 0 Å². The third kappa shape index (κ3) is 3.80. The maximum Gasteiger partial charge on any atom is 0.256 e. The van der Waals surface area contributed by atoms with Gasteiger partial charge < -0.3 is 10.2 Å². The maximum atomic E-state index is 13.5. The van der Waals surface area contributed by atoms with E-state index in [-0.39, 0.29) is 24.4 Å². The Morgan fingerprint density at radius 1 is 1.44 bits per heavy atom. The minimum Gasteiger partial charge on any atom is -0.359 e. The van der Waals surface area contributed by atoms with Crippen LogP contribution in [-0.4, -0.2) is 37.4 Å². The molecule has 0 radical (unpaired) electrons. The van der Waals surface area contributed by atoms with E-state index in [1.54, 1.807) is 0 Å². The van der Waals surface area contributed by atoms with Crippen molar-refractivity contribution in [2.45, 2.75) is 6.42 Å². The Morgan fingerprint density at radius 3 is 2.72 bits per heavy atom. The molecule has 0 fully saturated rings. The highest BCUT2D eigenvalue weighted by Gasteiger charge is 2.17. The number of rotatable bonds is 4. The molecule has 1 rings (SSSR count). The highest BCUT2D eigenvalue weighted by molar-refractivity contribution is 9.10. The Morgan fingerprint density at radius 2 is 2.11 bits per heavy atom. The summed E-state index contributed by atoms with van der Waals surface area (Å²) in [6.45, 7) is 0.241. The number of hydrogen-bond acceptors (Lipinski definition) is 2. The highest BCUT2D eigenvalue weighted by Crippen LogP contribution is 2.17. The lowest BCUT2D eigenvalue weighted by Crippen LogP contribution is -2.31. The lowest BCUT2D eigenvalue weighted by atomic mass is 10.2. The largest absolute Gasteiger partial charge is 0.359 e. The summed E-state index contributed by atoms with van der Waals surface area (Å²) < 4.78 is 14.1. The van der Waals surface area contributed by atoms with Crippen LogP contribution in [-0.2, 0) is 4.79 Å². The molecule has 0 spiro atoms. The van der Waals surface area contributed by atoms with Gasteiger partial charge in [-0.3, -0.25) is 9.59 Å². The minimum absolute atomic E-state index is 0.0104. The zero-order valence-corrected chi connectivity index (χ0v) is 11.8. The summed E-state index contributed by atoms with van der Waals surface area (Å²) in [5.74, 6) is -1.18. The van der Waals surface area contributed by atoms with E-state index in [1.165, 1.54) is 37.2 Å². The van der Waals surface area contributed by atoms with Crippen LogP contribution in [0.3, 0.4) is 0 Å². The highest BCUT2D eigenvalue weighted by atomic mass is 79.9. The molecule has 0 aliphatic heterocycles. The number of nitrogens with zero attached hydrogens (tertiary/aromatic N) is 1. The van der Waals surface area contributed by atoms with Gasteiger partial charge in [-0.05, 0) is 18.2 Å². The average Bonchev–Trinajstić information content (AvgIpc) is 2.37. The van der Waals surface area contributed by atoms with Gasteiger partial charge in [-0.15, -0.1) is 0 Å². The molecule has 0 saturated carbocycles. The van der Waals surface area contributed by atoms with Crippen LogP contribution in [0.15, 0.2) is 22.7 Å². The van der Waals surface area contributed by atoms with Crippen LogP contribution in [0.25, 0.3) is 0 Å². The van der Waals surface area contributed by atoms with Crippen molar-refractivity contribution in [2.75, 3.05) is 20.6 Å². The van der Waals surface area contributed by atoms with Gasteiger partial charge in [-0.25, -0.2) is 4.39 Å². The SMILES string of the molecule is CNC(=O)CCN(C)C(=O)c1cc(Br)ccc1F. The summed E-state index contributed by atoms with van der Waals surface area (Å²) in [6.07, 6.45) is 0.189. The molecule has 1 aromatic carbocycles. The number of hydrogen-bond donors (Lipinski definition) is 1. The second kappa shape index (κ2) is 6.49. The predicted octanol–water partition coefficient (Wildman–Crippen LogP) is 1.80. The summed E-state index contributed by atoms with van der Waals surface area (Å²) >= 11 is 3.19. The van der Waals surface area contributed by atoms with E-state index in [9.17, 15) is 14.0 Å². The molecule has 6 heteroatoms. The van der Waals surface area contributed by atoms with Gasteiger partial charge in [0, 0.05) is 31.5 Å². The van der Waals surface area contributed by atoms with E-state index in [4.69, 9.17) is 0 Å². The monoisotopic (exact) mass is 316 g/mol. The van der Waals surface area contributed by atoms with Crippen LogP contribution >= 0.6 is 15.9 Å². The lowest BCUT2D eigenvalue weighted by Gasteiger charge is -2.17. The molecule has 1 N–H and O–H groups in total. The van der Waals surface area contributed by atoms with E-state index >= 15 is 0 Å². The summed E-state index contributed by atoms with van der Waals surface area (Å²) in [5, 5.41) is 2.46. The fourth-order valence-corrected chi connectivity index (χ4v) is 1.72. The van der Waals surface area contributed by atoms with Crippen molar-refractivity contribution >= 4 is 27.7 Å². The van der Waals surface area contributed by atoms with Gasteiger partial charge in [0.1, 0.15) is 5.82 Å². The Balaban J connectivity index is 2.74. The molecule has 0 bridgehead atoms. The zero-order valence-electron chi connectivity index (χ0n) is 10.2. The van der Waals surface area contributed by atoms with Gasteiger partial charge in [0.05, 0.1) is 5.56 Å². The smallest absolute Gasteiger partial charge is 0.256 e. The normalized spacial score (nSPS) is 10.0. The van der Waals surface area contributed by atoms with E-state index in [0.717, 1.165) is 0 Å².